The smallest absolute Gasteiger partial charge is 0.242 e. The lowest BCUT2D eigenvalue weighted by Gasteiger charge is -2.14. The van der Waals surface area contributed by atoms with Crippen molar-refractivity contribution >= 4 is 44.3 Å². The number of ether oxygens (including phenoxy) is 1. The van der Waals surface area contributed by atoms with Crippen molar-refractivity contribution < 1.29 is 17.9 Å². The van der Waals surface area contributed by atoms with E-state index in [0.717, 1.165) is 16.7 Å². The number of thioether (sulfide) groups is 1. The molecule has 1 amide bonds. The maximum absolute atomic E-state index is 12.6. The number of benzene rings is 2. The molecule has 2 aromatic carbocycles. The molecule has 9 heteroatoms. The van der Waals surface area contributed by atoms with E-state index in [9.17, 15) is 13.2 Å². The molecule has 3 aromatic rings. The number of pyridine rings is 1. The van der Waals surface area contributed by atoms with Gasteiger partial charge in [0.2, 0.25) is 15.9 Å². The Balaban J connectivity index is 1.78. The lowest BCUT2D eigenvalue weighted by molar-refractivity contribution is -0.115. The largest absolute Gasteiger partial charge is 0.497 e. The average molecular weight is 460 g/mol. The Bertz CT molecular complexity index is 1210. The van der Waals surface area contributed by atoms with Crippen LogP contribution in [0.2, 0.25) is 0 Å². The number of amides is 1. The van der Waals surface area contributed by atoms with E-state index in [0.29, 0.717) is 16.2 Å². The molecule has 0 bridgehead atoms. The number of aromatic nitrogens is 1. The first kappa shape index (κ1) is 23.1. The standard InChI is InChI=1S/C22H25N3O4S2/c1-14-12-21(24-20-11-10-18(13-19(14)20)31(27,28)25(3)4)30-15(2)22(26)23-16-6-8-17(29-5)9-7-16/h6-13,15H,1-5H3,(H,23,26)/t15-/m0/s1. The summed E-state index contributed by atoms with van der Waals surface area (Å²) in [7, 11) is 1.08. The summed E-state index contributed by atoms with van der Waals surface area (Å²) < 4.78 is 31.1. The van der Waals surface area contributed by atoms with Crippen LogP contribution in [-0.4, -0.2) is 50.1 Å². The number of anilines is 1. The molecule has 1 aromatic heterocycles. The van der Waals surface area contributed by atoms with Gasteiger partial charge >= 0.3 is 0 Å². The first-order valence-corrected chi connectivity index (χ1v) is 11.9. The zero-order chi connectivity index (χ0) is 22.8. The van der Waals surface area contributed by atoms with Crippen LogP contribution in [0.1, 0.15) is 12.5 Å². The van der Waals surface area contributed by atoms with Gasteiger partial charge in [-0.1, -0.05) is 11.8 Å². The molecule has 7 nitrogen and oxygen atoms in total. The Morgan fingerprint density at radius 2 is 1.81 bits per heavy atom. The van der Waals surface area contributed by atoms with Gasteiger partial charge in [-0.15, -0.1) is 0 Å². The summed E-state index contributed by atoms with van der Waals surface area (Å²) >= 11 is 1.35. The van der Waals surface area contributed by atoms with E-state index in [1.165, 1.54) is 30.2 Å². The minimum absolute atomic E-state index is 0.137. The molecular weight excluding hydrogens is 434 g/mol. The molecule has 0 aliphatic rings. The topological polar surface area (TPSA) is 88.6 Å². The molecular formula is C22H25N3O4S2. The molecule has 0 saturated carbocycles. The second-order valence-electron chi connectivity index (χ2n) is 7.22. The highest BCUT2D eigenvalue weighted by Gasteiger charge is 2.19. The van der Waals surface area contributed by atoms with Gasteiger partial charge in [0.1, 0.15) is 5.75 Å². The third-order valence-corrected chi connectivity index (χ3v) is 7.60. The number of aryl methyl sites for hydroxylation is 1. The SMILES string of the molecule is COc1ccc(NC(=O)[C@H](C)Sc2cc(C)c3cc(S(=O)(=O)N(C)C)ccc3n2)cc1. The minimum Gasteiger partial charge on any atom is -0.497 e. The number of sulfonamides is 1. The van der Waals surface area contributed by atoms with Gasteiger partial charge in [-0.2, -0.15) is 0 Å². The van der Waals surface area contributed by atoms with Crippen LogP contribution in [0.3, 0.4) is 0 Å². The maximum atomic E-state index is 12.6. The van der Waals surface area contributed by atoms with E-state index in [2.05, 4.69) is 10.3 Å². The quantitative estimate of drug-likeness (QED) is 0.539. The first-order valence-electron chi connectivity index (χ1n) is 9.57. The summed E-state index contributed by atoms with van der Waals surface area (Å²) in [6.45, 7) is 3.72. The van der Waals surface area contributed by atoms with Crippen LogP contribution in [0.15, 0.2) is 58.5 Å². The van der Waals surface area contributed by atoms with Crippen LogP contribution in [0, 0.1) is 6.92 Å². The molecule has 31 heavy (non-hydrogen) atoms. The summed E-state index contributed by atoms with van der Waals surface area (Å²) in [5, 5.41) is 3.98. The molecule has 1 atom stereocenters. The third kappa shape index (κ3) is 5.17. The van der Waals surface area contributed by atoms with Crippen molar-refractivity contribution in [3.05, 3.63) is 54.1 Å². The second-order valence-corrected chi connectivity index (χ2v) is 10.7. The van der Waals surface area contributed by atoms with Crippen LogP contribution >= 0.6 is 11.8 Å². The van der Waals surface area contributed by atoms with E-state index in [-0.39, 0.29) is 16.1 Å². The van der Waals surface area contributed by atoms with E-state index >= 15 is 0 Å². The monoisotopic (exact) mass is 459 g/mol. The Kier molecular flexibility index (Phi) is 6.88. The normalized spacial score (nSPS) is 12.7. The van der Waals surface area contributed by atoms with Crippen molar-refractivity contribution in [3.63, 3.8) is 0 Å². The van der Waals surface area contributed by atoms with Crippen LogP contribution in [0.25, 0.3) is 10.9 Å². The van der Waals surface area contributed by atoms with Crippen LogP contribution in [-0.2, 0) is 14.8 Å². The number of methoxy groups -OCH3 is 1. The predicted molar refractivity (Wildman–Crippen MR) is 124 cm³/mol. The first-order chi connectivity index (χ1) is 14.6. The van der Waals surface area contributed by atoms with Crippen LogP contribution in [0.4, 0.5) is 5.69 Å². The lowest BCUT2D eigenvalue weighted by atomic mass is 10.1. The van der Waals surface area contributed by atoms with E-state index in [1.54, 1.807) is 49.6 Å². The van der Waals surface area contributed by atoms with E-state index in [4.69, 9.17) is 4.74 Å². The molecule has 0 spiro atoms. The molecule has 3 rings (SSSR count). The molecule has 0 saturated heterocycles. The van der Waals surface area contributed by atoms with Gasteiger partial charge in [0.25, 0.3) is 0 Å². The Labute approximate surface area is 186 Å². The van der Waals surface area contributed by atoms with Crippen molar-refractivity contribution in [1.29, 1.82) is 0 Å². The van der Waals surface area contributed by atoms with Crippen molar-refractivity contribution in [2.75, 3.05) is 26.5 Å². The zero-order valence-corrected chi connectivity index (χ0v) is 19.7. The van der Waals surface area contributed by atoms with Crippen molar-refractivity contribution in [1.82, 2.24) is 9.29 Å². The number of hydrogen-bond acceptors (Lipinski definition) is 6. The van der Waals surface area contributed by atoms with Gasteiger partial charge in [-0.3, -0.25) is 4.79 Å². The average Bonchev–Trinajstić information content (AvgIpc) is 2.73. The number of carbonyl (C=O) groups is 1. The number of nitrogens with one attached hydrogen (secondary N) is 1. The molecule has 164 valence electrons. The Hall–Kier alpha value is -2.62. The number of rotatable bonds is 7. The molecule has 0 fully saturated rings. The minimum atomic E-state index is -3.52. The maximum Gasteiger partial charge on any atom is 0.242 e. The third-order valence-electron chi connectivity index (χ3n) is 4.77. The number of fused-ring (bicyclic) bond motifs is 1. The highest BCUT2D eigenvalue weighted by molar-refractivity contribution is 8.00. The Morgan fingerprint density at radius 3 is 2.42 bits per heavy atom. The summed E-state index contributed by atoms with van der Waals surface area (Å²) in [6, 6.07) is 13.9. The fraction of sp³-hybridized carbons (Fsp3) is 0.273. The molecule has 0 aliphatic heterocycles. The van der Waals surface area contributed by atoms with E-state index < -0.39 is 10.0 Å². The molecule has 1 heterocycles. The highest BCUT2D eigenvalue weighted by atomic mass is 32.2. The molecule has 1 N–H and O–H groups in total. The van der Waals surface area contributed by atoms with E-state index in [1.807, 2.05) is 19.9 Å². The summed E-state index contributed by atoms with van der Waals surface area (Å²) in [5.41, 5.74) is 2.27. The van der Waals surface area contributed by atoms with Gasteiger partial charge in [0, 0.05) is 25.2 Å². The summed E-state index contributed by atoms with van der Waals surface area (Å²) in [6.07, 6.45) is 0. The molecule has 0 aliphatic carbocycles. The molecule has 0 radical (unpaired) electrons. The van der Waals surface area contributed by atoms with Gasteiger partial charge in [0.05, 0.1) is 27.8 Å². The lowest BCUT2D eigenvalue weighted by Crippen LogP contribution is -2.22. The highest BCUT2D eigenvalue weighted by Crippen LogP contribution is 2.29. The van der Waals surface area contributed by atoms with Crippen LogP contribution in [0.5, 0.6) is 5.75 Å². The second kappa shape index (κ2) is 9.25. The van der Waals surface area contributed by atoms with Crippen molar-refractivity contribution in [2.24, 2.45) is 0 Å². The van der Waals surface area contributed by atoms with Gasteiger partial charge in [-0.05, 0) is 67.9 Å². The van der Waals surface area contributed by atoms with Crippen molar-refractivity contribution in [2.45, 2.75) is 29.0 Å². The summed E-state index contributed by atoms with van der Waals surface area (Å²) in [4.78, 5) is 17.4. The van der Waals surface area contributed by atoms with Gasteiger partial charge in [0.15, 0.2) is 0 Å². The van der Waals surface area contributed by atoms with Crippen LogP contribution < -0.4 is 10.1 Å². The van der Waals surface area contributed by atoms with Crippen molar-refractivity contribution in [3.8, 4) is 5.75 Å². The fourth-order valence-corrected chi connectivity index (χ4v) is 4.78. The predicted octanol–water partition coefficient (Wildman–Crippen LogP) is 3.92. The molecule has 0 unspecified atom stereocenters. The Morgan fingerprint density at radius 1 is 1.13 bits per heavy atom. The number of nitrogens with zero attached hydrogens (tertiary/aromatic N) is 2. The number of hydrogen-bond donors (Lipinski definition) is 1. The summed E-state index contributed by atoms with van der Waals surface area (Å²) in [5.74, 6) is 0.583. The van der Waals surface area contributed by atoms with Gasteiger partial charge in [-0.25, -0.2) is 17.7 Å². The number of carbonyl (C=O) groups excluding carboxylic acids is 1. The fourth-order valence-electron chi connectivity index (χ4n) is 2.93. The van der Waals surface area contributed by atoms with Gasteiger partial charge < -0.3 is 10.1 Å². The zero-order valence-electron chi connectivity index (χ0n) is 18.0.